The molecule has 0 atom stereocenters. The van der Waals surface area contributed by atoms with Crippen molar-refractivity contribution in [3.63, 3.8) is 0 Å². The molecular weight excluding hydrogens is 389 g/mol. The molecule has 1 aromatic rings. The molecule has 20 heavy (non-hydrogen) atoms. The maximum Gasteiger partial charge on any atom is 0.261 e. The Morgan fingerprint density at radius 1 is 1.40 bits per heavy atom. The molecule has 0 N–H and O–H groups in total. The molecule has 0 radical (unpaired) electrons. The molecule has 1 rings (SSSR count). The molecule has 0 aromatic heterocycles. The summed E-state index contributed by atoms with van der Waals surface area (Å²) in [6.07, 6.45) is 0. The van der Waals surface area contributed by atoms with Gasteiger partial charge in [-0.15, -0.1) is 0 Å². The van der Waals surface area contributed by atoms with Gasteiger partial charge in [-0.05, 0) is 48.8 Å². The molecule has 0 spiro atoms. The molecule has 0 saturated carbocycles. The van der Waals surface area contributed by atoms with Gasteiger partial charge in [-0.3, -0.25) is 4.79 Å². The minimum atomic E-state index is -3.94. The lowest BCUT2D eigenvalue weighted by molar-refractivity contribution is 0.0717. The molecular formula is C12H14BrCl2NO3S. The van der Waals surface area contributed by atoms with Crippen molar-refractivity contribution >= 4 is 53.2 Å². The highest BCUT2D eigenvalue weighted by molar-refractivity contribution is 9.10. The fraction of sp³-hybridized carbons (Fsp3) is 0.417. The monoisotopic (exact) mass is 401 g/mol. The molecule has 0 aliphatic rings. The van der Waals surface area contributed by atoms with E-state index >= 15 is 0 Å². The summed E-state index contributed by atoms with van der Waals surface area (Å²) in [5.41, 5.74) is 0.107. The smallest absolute Gasteiger partial charge is 0.261 e. The third-order valence-electron chi connectivity index (χ3n) is 2.74. The number of carbonyl (C=O) groups is 1. The van der Waals surface area contributed by atoms with Gasteiger partial charge in [0.25, 0.3) is 15.0 Å². The van der Waals surface area contributed by atoms with E-state index in [2.05, 4.69) is 15.9 Å². The normalized spacial score (nSPS) is 11.8. The van der Waals surface area contributed by atoms with Gasteiger partial charge in [0.2, 0.25) is 0 Å². The lowest BCUT2D eigenvalue weighted by Crippen LogP contribution is -2.36. The Bertz CT molecular complexity index is 632. The van der Waals surface area contributed by atoms with Gasteiger partial charge >= 0.3 is 0 Å². The lowest BCUT2D eigenvalue weighted by atomic mass is 10.1. The van der Waals surface area contributed by atoms with Crippen molar-refractivity contribution in [1.29, 1.82) is 0 Å². The maximum atomic E-state index is 12.5. The van der Waals surface area contributed by atoms with Crippen LogP contribution in [0.4, 0.5) is 0 Å². The van der Waals surface area contributed by atoms with Crippen LogP contribution in [0.3, 0.4) is 0 Å². The first-order chi connectivity index (χ1) is 9.09. The highest BCUT2D eigenvalue weighted by Crippen LogP contribution is 2.32. The van der Waals surface area contributed by atoms with Crippen LogP contribution in [-0.2, 0) is 9.05 Å². The average molecular weight is 403 g/mol. The second-order valence-electron chi connectivity index (χ2n) is 4.39. The molecule has 0 bridgehead atoms. The first-order valence-electron chi connectivity index (χ1n) is 5.84. The first kappa shape index (κ1) is 17.8. The summed E-state index contributed by atoms with van der Waals surface area (Å²) < 4.78 is 23.2. The minimum absolute atomic E-state index is 0.0291. The standard InChI is InChI=1S/C12H14BrCl2NO3S/c1-4-16(7(2)3)12(17)9-5-8(20(15,18)19)6-10(13)11(9)14/h5-7H,4H2,1-3H3. The van der Waals surface area contributed by atoms with Crippen LogP contribution in [0.1, 0.15) is 31.1 Å². The fourth-order valence-corrected chi connectivity index (χ4v) is 3.34. The van der Waals surface area contributed by atoms with E-state index in [0.29, 0.717) is 11.0 Å². The number of hydrogen-bond acceptors (Lipinski definition) is 3. The van der Waals surface area contributed by atoms with Gasteiger partial charge in [0.1, 0.15) is 0 Å². The Morgan fingerprint density at radius 3 is 2.35 bits per heavy atom. The van der Waals surface area contributed by atoms with Crippen LogP contribution in [-0.4, -0.2) is 31.8 Å². The zero-order chi connectivity index (χ0) is 15.7. The first-order valence-corrected chi connectivity index (χ1v) is 9.32. The van der Waals surface area contributed by atoms with Crippen LogP contribution < -0.4 is 0 Å². The van der Waals surface area contributed by atoms with E-state index in [9.17, 15) is 13.2 Å². The number of hydrogen-bond donors (Lipinski definition) is 0. The number of carbonyl (C=O) groups excluding carboxylic acids is 1. The zero-order valence-corrected chi connectivity index (χ0v) is 15.1. The predicted octanol–water partition coefficient (Wildman–Crippen LogP) is 3.90. The Morgan fingerprint density at radius 2 is 1.95 bits per heavy atom. The molecule has 0 unspecified atom stereocenters. The molecule has 0 aliphatic heterocycles. The molecule has 1 aromatic carbocycles. The third-order valence-corrected chi connectivity index (χ3v) is 5.33. The second-order valence-corrected chi connectivity index (χ2v) is 8.19. The van der Waals surface area contributed by atoms with Crippen molar-refractivity contribution in [1.82, 2.24) is 4.90 Å². The number of amides is 1. The number of halogens is 3. The molecule has 0 aliphatic carbocycles. The number of benzene rings is 1. The van der Waals surface area contributed by atoms with Crippen LogP contribution >= 0.6 is 38.2 Å². The quantitative estimate of drug-likeness (QED) is 0.717. The second kappa shape index (κ2) is 6.64. The third kappa shape index (κ3) is 3.87. The largest absolute Gasteiger partial charge is 0.336 e. The highest BCUT2D eigenvalue weighted by atomic mass is 79.9. The maximum absolute atomic E-state index is 12.5. The van der Waals surface area contributed by atoms with Gasteiger partial charge in [0, 0.05) is 27.7 Å². The van der Waals surface area contributed by atoms with Crippen molar-refractivity contribution in [3.05, 3.63) is 27.2 Å². The molecule has 0 saturated heterocycles. The summed E-state index contributed by atoms with van der Waals surface area (Å²) in [6.45, 7) is 6.06. The summed E-state index contributed by atoms with van der Waals surface area (Å²) in [5.74, 6) is -0.338. The van der Waals surface area contributed by atoms with Crippen molar-refractivity contribution < 1.29 is 13.2 Å². The summed E-state index contributed by atoms with van der Waals surface area (Å²) in [7, 11) is 1.38. The van der Waals surface area contributed by atoms with Gasteiger partial charge in [-0.25, -0.2) is 8.42 Å². The Kier molecular flexibility index (Phi) is 5.89. The van der Waals surface area contributed by atoms with Crippen molar-refractivity contribution in [2.75, 3.05) is 6.54 Å². The van der Waals surface area contributed by atoms with Gasteiger partial charge in [0.15, 0.2) is 0 Å². The average Bonchev–Trinajstić information content (AvgIpc) is 2.31. The highest BCUT2D eigenvalue weighted by Gasteiger charge is 2.24. The van der Waals surface area contributed by atoms with E-state index in [0.717, 1.165) is 0 Å². The van der Waals surface area contributed by atoms with Crippen LogP contribution in [0.25, 0.3) is 0 Å². The molecule has 8 heteroatoms. The zero-order valence-electron chi connectivity index (χ0n) is 11.2. The van der Waals surface area contributed by atoms with Crippen molar-refractivity contribution in [2.24, 2.45) is 0 Å². The predicted molar refractivity (Wildman–Crippen MR) is 84.0 cm³/mol. The van der Waals surface area contributed by atoms with Gasteiger partial charge < -0.3 is 4.90 Å². The molecule has 112 valence electrons. The van der Waals surface area contributed by atoms with Crippen molar-refractivity contribution in [3.8, 4) is 0 Å². The van der Waals surface area contributed by atoms with Crippen LogP contribution in [0.2, 0.25) is 5.02 Å². The topological polar surface area (TPSA) is 54.5 Å². The van der Waals surface area contributed by atoms with E-state index in [1.54, 1.807) is 4.90 Å². The minimum Gasteiger partial charge on any atom is -0.336 e. The van der Waals surface area contributed by atoms with Gasteiger partial charge in [0.05, 0.1) is 15.5 Å². The van der Waals surface area contributed by atoms with Crippen LogP contribution in [0.5, 0.6) is 0 Å². The van der Waals surface area contributed by atoms with E-state index in [4.69, 9.17) is 22.3 Å². The van der Waals surface area contributed by atoms with Gasteiger partial charge in [-0.1, -0.05) is 11.6 Å². The Hall–Kier alpha value is -0.300. The van der Waals surface area contributed by atoms with E-state index in [-0.39, 0.29) is 27.4 Å². The summed E-state index contributed by atoms with van der Waals surface area (Å²) in [4.78, 5) is 13.9. The van der Waals surface area contributed by atoms with Crippen LogP contribution in [0, 0.1) is 0 Å². The summed E-state index contributed by atoms with van der Waals surface area (Å²) in [5, 5.41) is 0.165. The Labute approximate surface area is 136 Å². The Balaban J connectivity index is 3.45. The summed E-state index contributed by atoms with van der Waals surface area (Å²) in [6, 6.07) is 2.44. The molecule has 1 amide bonds. The lowest BCUT2D eigenvalue weighted by Gasteiger charge is -2.26. The fourth-order valence-electron chi connectivity index (χ4n) is 1.76. The van der Waals surface area contributed by atoms with Crippen LogP contribution in [0.15, 0.2) is 21.5 Å². The molecule has 0 heterocycles. The molecule has 0 fully saturated rings. The van der Waals surface area contributed by atoms with Gasteiger partial charge in [-0.2, -0.15) is 0 Å². The number of nitrogens with zero attached hydrogens (tertiary/aromatic N) is 1. The van der Waals surface area contributed by atoms with E-state index in [1.165, 1.54) is 12.1 Å². The summed E-state index contributed by atoms with van der Waals surface area (Å²) >= 11 is 9.22. The van der Waals surface area contributed by atoms with Crippen molar-refractivity contribution in [2.45, 2.75) is 31.7 Å². The molecule has 4 nitrogen and oxygen atoms in total. The number of rotatable bonds is 4. The van der Waals surface area contributed by atoms with E-state index in [1.807, 2.05) is 20.8 Å². The van der Waals surface area contributed by atoms with E-state index < -0.39 is 9.05 Å². The SMILES string of the molecule is CCN(C(=O)c1cc(S(=O)(=O)Cl)cc(Br)c1Cl)C(C)C.